The number of hydrogen-bond donors (Lipinski definition) is 1. The minimum absolute atomic E-state index is 0.289. The van der Waals surface area contributed by atoms with Crippen molar-refractivity contribution in [3.63, 3.8) is 0 Å². The number of aliphatic hydroxyl groups excluding tert-OH is 1. The van der Waals surface area contributed by atoms with Crippen LogP contribution in [0.4, 0.5) is 5.69 Å². The van der Waals surface area contributed by atoms with Crippen molar-refractivity contribution in [2.75, 3.05) is 64.8 Å². The summed E-state index contributed by atoms with van der Waals surface area (Å²) in [6.45, 7) is 8.29. The maximum absolute atomic E-state index is 10.9. The zero-order chi connectivity index (χ0) is 22.8. The summed E-state index contributed by atoms with van der Waals surface area (Å²) in [4.78, 5) is 9.45. The van der Waals surface area contributed by atoms with Gasteiger partial charge in [-0.2, -0.15) is 0 Å². The highest BCUT2D eigenvalue weighted by atomic mass is 16.5. The number of aliphatic hydroxyl groups is 1. The summed E-state index contributed by atoms with van der Waals surface area (Å²) in [7, 11) is 4.32. The molecule has 2 unspecified atom stereocenters. The minimum Gasteiger partial charge on any atom is -0.489 e. The molecule has 0 aliphatic carbocycles. The van der Waals surface area contributed by atoms with Gasteiger partial charge < -0.3 is 19.6 Å². The highest BCUT2D eigenvalue weighted by Gasteiger charge is 2.24. The quantitative estimate of drug-likeness (QED) is 0.729. The maximum atomic E-state index is 10.9. The van der Waals surface area contributed by atoms with Gasteiger partial charge in [0.25, 0.3) is 0 Å². The molecule has 33 heavy (non-hydrogen) atoms. The van der Waals surface area contributed by atoms with Gasteiger partial charge in [0, 0.05) is 77.7 Å². The van der Waals surface area contributed by atoms with E-state index in [1.165, 1.54) is 22.4 Å². The fraction of sp³-hybridized carbons (Fsp3) is 0.556. The molecule has 0 bridgehead atoms. The second kappa shape index (κ2) is 10.0. The molecule has 1 fully saturated rings. The summed E-state index contributed by atoms with van der Waals surface area (Å²) in [5, 5.41) is 10.9. The van der Waals surface area contributed by atoms with Crippen LogP contribution in [0.3, 0.4) is 0 Å². The van der Waals surface area contributed by atoms with E-state index in [9.17, 15) is 5.11 Å². The average molecular weight is 451 g/mol. The fourth-order valence-corrected chi connectivity index (χ4v) is 5.54. The zero-order valence-corrected chi connectivity index (χ0v) is 20.1. The second-order valence-electron chi connectivity index (χ2n) is 10.1. The number of nitrogens with zero attached hydrogens (tertiary/aromatic N) is 4. The molecule has 2 aromatic carbocycles. The van der Waals surface area contributed by atoms with Crippen molar-refractivity contribution >= 4 is 5.69 Å². The van der Waals surface area contributed by atoms with E-state index < -0.39 is 0 Å². The third kappa shape index (κ3) is 5.52. The third-order valence-electron chi connectivity index (χ3n) is 7.41. The molecule has 5 rings (SSSR count). The third-order valence-corrected chi connectivity index (χ3v) is 7.41. The Balaban J connectivity index is 1.18. The molecule has 0 radical (unpaired) electrons. The molecule has 3 aliphatic heterocycles. The Morgan fingerprint density at radius 1 is 0.909 bits per heavy atom. The van der Waals surface area contributed by atoms with Gasteiger partial charge in [0.1, 0.15) is 11.9 Å². The lowest BCUT2D eigenvalue weighted by molar-refractivity contribution is 0.0682. The Kier molecular flexibility index (Phi) is 6.88. The van der Waals surface area contributed by atoms with Crippen molar-refractivity contribution in [2.45, 2.75) is 38.1 Å². The molecule has 0 spiro atoms. The predicted octanol–water partition coefficient (Wildman–Crippen LogP) is 2.44. The van der Waals surface area contributed by atoms with Crippen molar-refractivity contribution in [1.82, 2.24) is 14.7 Å². The number of fused-ring (bicyclic) bond motifs is 2. The molecule has 3 aliphatic rings. The lowest BCUT2D eigenvalue weighted by Gasteiger charge is -2.32. The molecule has 2 atom stereocenters. The first-order valence-electron chi connectivity index (χ1n) is 12.4. The summed E-state index contributed by atoms with van der Waals surface area (Å²) in [5.74, 6) is 0.972. The highest BCUT2D eigenvalue weighted by Crippen LogP contribution is 2.30. The molecule has 3 heterocycles. The standard InChI is InChI=1S/C27H38N4O2/c1-28-11-10-26(20-28)33-25-8-7-23-17-31(14-13-29(2)27(23)15-25)19-24(32)18-30-12-9-21-5-3-4-6-22(21)16-30/h3-8,15,24,26,32H,9-14,16-20H2,1-2H3. The molecular formula is C27H38N4O2. The molecule has 178 valence electrons. The first kappa shape index (κ1) is 22.7. The summed E-state index contributed by atoms with van der Waals surface area (Å²) in [6, 6.07) is 15.2. The van der Waals surface area contributed by atoms with Crippen LogP contribution in [0.1, 0.15) is 23.1 Å². The lowest BCUT2D eigenvalue weighted by atomic mass is 10.00. The number of likely N-dealkylation sites (tertiary alicyclic amines) is 1. The van der Waals surface area contributed by atoms with Gasteiger partial charge in [0.2, 0.25) is 0 Å². The lowest BCUT2D eigenvalue weighted by Crippen LogP contribution is -2.42. The van der Waals surface area contributed by atoms with Crippen LogP contribution in [0.15, 0.2) is 42.5 Å². The van der Waals surface area contributed by atoms with Gasteiger partial charge in [-0.05, 0) is 42.6 Å². The molecule has 1 saturated heterocycles. The second-order valence-corrected chi connectivity index (χ2v) is 10.1. The van der Waals surface area contributed by atoms with E-state index in [-0.39, 0.29) is 12.2 Å². The van der Waals surface area contributed by atoms with Crippen LogP contribution in [-0.4, -0.2) is 91.9 Å². The largest absolute Gasteiger partial charge is 0.489 e. The van der Waals surface area contributed by atoms with E-state index >= 15 is 0 Å². The number of rotatable bonds is 6. The van der Waals surface area contributed by atoms with Gasteiger partial charge in [-0.1, -0.05) is 30.3 Å². The zero-order valence-electron chi connectivity index (χ0n) is 20.1. The molecule has 0 aromatic heterocycles. The van der Waals surface area contributed by atoms with Crippen LogP contribution in [0.5, 0.6) is 5.75 Å². The normalized spacial score (nSPS) is 23.1. The summed E-state index contributed by atoms with van der Waals surface area (Å²) in [5.41, 5.74) is 5.43. The number of anilines is 1. The van der Waals surface area contributed by atoms with Gasteiger partial charge in [-0.15, -0.1) is 0 Å². The van der Waals surface area contributed by atoms with E-state index in [4.69, 9.17) is 4.74 Å². The van der Waals surface area contributed by atoms with Crippen molar-refractivity contribution < 1.29 is 9.84 Å². The molecule has 2 aromatic rings. The number of ether oxygens (including phenoxy) is 1. The SMILES string of the molecule is CN1CCC(Oc2ccc3c(c2)N(C)CCN(CC(O)CN2CCc4ccccc4C2)C3)C1. The first-order chi connectivity index (χ1) is 16.0. The molecular weight excluding hydrogens is 412 g/mol. The van der Waals surface area contributed by atoms with Crippen LogP contribution < -0.4 is 9.64 Å². The van der Waals surface area contributed by atoms with Gasteiger partial charge in [-0.3, -0.25) is 9.80 Å². The van der Waals surface area contributed by atoms with Gasteiger partial charge >= 0.3 is 0 Å². The fourth-order valence-electron chi connectivity index (χ4n) is 5.54. The Morgan fingerprint density at radius 2 is 1.67 bits per heavy atom. The maximum Gasteiger partial charge on any atom is 0.121 e. The number of likely N-dealkylation sites (N-methyl/N-ethyl adjacent to an activating group) is 2. The Morgan fingerprint density at radius 3 is 2.45 bits per heavy atom. The van der Waals surface area contributed by atoms with Crippen molar-refractivity contribution in [3.8, 4) is 5.75 Å². The van der Waals surface area contributed by atoms with E-state index in [1.807, 2.05) is 0 Å². The number of β-amino-alcohol motifs (C(OH)–C–C–N with tert-alkyl or cyclic N) is 1. The molecule has 6 nitrogen and oxygen atoms in total. The van der Waals surface area contributed by atoms with E-state index in [0.717, 1.165) is 70.9 Å². The minimum atomic E-state index is -0.343. The Bertz CT molecular complexity index is 951. The van der Waals surface area contributed by atoms with Crippen LogP contribution in [0.25, 0.3) is 0 Å². The molecule has 0 amide bonds. The smallest absolute Gasteiger partial charge is 0.121 e. The van der Waals surface area contributed by atoms with Gasteiger partial charge in [0.05, 0.1) is 6.10 Å². The van der Waals surface area contributed by atoms with Crippen molar-refractivity contribution in [2.24, 2.45) is 0 Å². The first-order valence-corrected chi connectivity index (χ1v) is 12.4. The van der Waals surface area contributed by atoms with Crippen LogP contribution in [-0.2, 0) is 19.5 Å². The molecule has 6 heteroatoms. The van der Waals surface area contributed by atoms with Gasteiger partial charge in [-0.25, -0.2) is 0 Å². The van der Waals surface area contributed by atoms with E-state index in [0.29, 0.717) is 6.54 Å². The van der Waals surface area contributed by atoms with Crippen LogP contribution >= 0.6 is 0 Å². The average Bonchev–Trinajstić information content (AvgIpc) is 3.15. The Labute approximate surface area is 198 Å². The molecule has 0 saturated carbocycles. The highest BCUT2D eigenvalue weighted by molar-refractivity contribution is 5.57. The van der Waals surface area contributed by atoms with Crippen molar-refractivity contribution in [1.29, 1.82) is 0 Å². The van der Waals surface area contributed by atoms with E-state index in [1.54, 1.807) is 0 Å². The number of hydrogen-bond acceptors (Lipinski definition) is 6. The summed E-state index contributed by atoms with van der Waals surface area (Å²) >= 11 is 0. The number of benzene rings is 2. The van der Waals surface area contributed by atoms with Gasteiger partial charge in [0.15, 0.2) is 0 Å². The monoisotopic (exact) mass is 450 g/mol. The summed E-state index contributed by atoms with van der Waals surface area (Å²) in [6.07, 6.45) is 2.12. The van der Waals surface area contributed by atoms with Crippen LogP contribution in [0.2, 0.25) is 0 Å². The van der Waals surface area contributed by atoms with Crippen molar-refractivity contribution in [3.05, 3.63) is 59.2 Å². The summed E-state index contributed by atoms with van der Waals surface area (Å²) < 4.78 is 6.27. The topological polar surface area (TPSA) is 42.4 Å². The molecule has 1 N–H and O–H groups in total. The van der Waals surface area contributed by atoms with Crippen LogP contribution in [0, 0.1) is 0 Å². The van der Waals surface area contributed by atoms with E-state index in [2.05, 4.69) is 76.2 Å². The Hall–Kier alpha value is -2.12. The predicted molar refractivity (Wildman–Crippen MR) is 133 cm³/mol.